The van der Waals surface area contributed by atoms with Gasteiger partial charge in [0.15, 0.2) is 9.84 Å². The van der Waals surface area contributed by atoms with Crippen LogP contribution in [-0.2, 0) is 21.2 Å². The summed E-state index contributed by atoms with van der Waals surface area (Å²) in [5, 5.41) is 0. The lowest BCUT2D eigenvalue weighted by Gasteiger charge is -2.26. The Morgan fingerprint density at radius 1 is 1.12 bits per heavy atom. The first-order valence-corrected chi connectivity index (χ1v) is 9.98. The number of benzene rings is 2. The van der Waals surface area contributed by atoms with E-state index in [2.05, 4.69) is 29.4 Å². The third kappa shape index (κ3) is 2.60. The van der Waals surface area contributed by atoms with Gasteiger partial charge in [0.25, 0.3) is 0 Å². The average molecular weight is 358 g/mol. The van der Waals surface area contributed by atoms with Gasteiger partial charge in [-0.05, 0) is 24.6 Å². The lowest BCUT2D eigenvalue weighted by atomic mass is 10.0. The highest BCUT2D eigenvalue weighted by atomic mass is 32.2. The summed E-state index contributed by atoms with van der Waals surface area (Å²) in [6.07, 6.45) is 0. The molecule has 5 nitrogen and oxygen atoms in total. The fraction of sp³-hybridized carbons (Fsp3) is 0.368. The van der Waals surface area contributed by atoms with Gasteiger partial charge in [0.05, 0.1) is 17.5 Å². The largest absolute Gasteiger partial charge is 0.300 e. The number of rotatable bonds is 4. The molecule has 2 aliphatic rings. The van der Waals surface area contributed by atoms with Crippen molar-refractivity contribution >= 4 is 9.84 Å². The zero-order valence-electron chi connectivity index (χ0n) is 14.1. The van der Waals surface area contributed by atoms with Crippen LogP contribution in [0.15, 0.2) is 65.6 Å². The maximum atomic E-state index is 13.4. The number of hydrogen-bond acceptors (Lipinski definition) is 5. The van der Waals surface area contributed by atoms with Gasteiger partial charge in [-0.25, -0.2) is 8.42 Å². The molecule has 25 heavy (non-hydrogen) atoms. The molecule has 1 N–H and O–H groups in total. The summed E-state index contributed by atoms with van der Waals surface area (Å²) >= 11 is 0. The predicted octanol–water partition coefficient (Wildman–Crippen LogP) is 2.01. The van der Waals surface area contributed by atoms with Crippen LogP contribution < -0.4 is 5.48 Å². The third-order valence-electron chi connectivity index (χ3n) is 5.44. The number of likely N-dealkylation sites (tertiary alicyclic amines) is 1. The summed E-state index contributed by atoms with van der Waals surface area (Å²) in [6.45, 7) is 3.42. The van der Waals surface area contributed by atoms with Crippen molar-refractivity contribution in [3.63, 3.8) is 0 Å². The van der Waals surface area contributed by atoms with Crippen LogP contribution in [0.5, 0.6) is 0 Å². The molecule has 6 heteroatoms. The first kappa shape index (κ1) is 16.7. The Morgan fingerprint density at radius 3 is 2.44 bits per heavy atom. The Labute approximate surface area is 148 Å². The molecule has 2 aromatic rings. The van der Waals surface area contributed by atoms with E-state index in [4.69, 9.17) is 4.84 Å². The molecule has 0 saturated carbocycles. The summed E-state index contributed by atoms with van der Waals surface area (Å²) in [6, 6.07) is 18.7. The maximum absolute atomic E-state index is 13.4. The average Bonchev–Trinajstić information content (AvgIpc) is 3.17. The lowest BCUT2D eigenvalue weighted by Crippen LogP contribution is -2.51. The molecule has 4 rings (SSSR count). The van der Waals surface area contributed by atoms with Gasteiger partial charge in [-0.3, -0.25) is 9.74 Å². The van der Waals surface area contributed by atoms with Gasteiger partial charge in [-0.2, -0.15) is 5.48 Å². The summed E-state index contributed by atoms with van der Waals surface area (Å²) in [5.41, 5.74) is 4.16. The van der Waals surface area contributed by atoms with E-state index < -0.39 is 14.6 Å². The monoisotopic (exact) mass is 358 g/mol. The van der Waals surface area contributed by atoms with Gasteiger partial charge in [0, 0.05) is 19.1 Å². The Balaban J connectivity index is 1.69. The van der Waals surface area contributed by atoms with Crippen LogP contribution >= 0.6 is 0 Å². The second-order valence-corrected chi connectivity index (χ2v) is 9.19. The molecule has 0 unspecified atom stereocenters. The minimum atomic E-state index is -3.52. The fourth-order valence-corrected chi connectivity index (χ4v) is 6.13. The molecule has 3 atom stereocenters. The minimum absolute atomic E-state index is 0.0567. The van der Waals surface area contributed by atoms with Crippen molar-refractivity contribution in [3.8, 4) is 0 Å². The van der Waals surface area contributed by atoms with Crippen molar-refractivity contribution < 1.29 is 13.3 Å². The number of hydrogen-bond donors (Lipinski definition) is 1. The van der Waals surface area contributed by atoms with Gasteiger partial charge in [0.2, 0.25) is 0 Å². The summed E-state index contributed by atoms with van der Waals surface area (Å²) in [7, 11) is -3.52. The van der Waals surface area contributed by atoms with Crippen molar-refractivity contribution in [2.45, 2.75) is 35.2 Å². The van der Waals surface area contributed by atoms with Crippen molar-refractivity contribution in [2.24, 2.45) is 0 Å². The van der Waals surface area contributed by atoms with Crippen LogP contribution in [0.1, 0.15) is 12.5 Å². The van der Waals surface area contributed by atoms with E-state index in [0.29, 0.717) is 11.4 Å². The Bertz CT molecular complexity index is 841. The second kappa shape index (κ2) is 6.21. The van der Waals surface area contributed by atoms with Crippen LogP contribution in [0.25, 0.3) is 0 Å². The molecule has 0 amide bonds. The maximum Gasteiger partial charge on any atom is 0.189 e. The van der Waals surface area contributed by atoms with Gasteiger partial charge in [0.1, 0.15) is 4.75 Å². The molecule has 0 radical (unpaired) electrons. The number of hydroxylamine groups is 1. The summed E-state index contributed by atoms with van der Waals surface area (Å²) in [4.78, 5) is 8.03. The Hall–Kier alpha value is -1.73. The molecule has 2 aromatic carbocycles. The van der Waals surface area contributed by atoms with Gasteiger partial charge >= 0.3 is 0 Å². The molecule has 0 spiro atoms. The van der Waals surface area contributed by atoms with Gasteiger partial charge < -0.3 is 0 Å². The Kier molecular flexibility index (Phi) is 4.16. The Morgan fingerprint density at radius 2 is 1.76 bits per heavy atom. The van der Waals surface area contributed by atoms with E-state index >= 15 is 0 Å². The number of nitrogens with zero attached hydrogens (tertiary/aromatic N) is 1. The van der Waals surface area contributed by atoms with E-state index in [1.807, 2.05) is 24.3 Å². The van der Waals surface area contributed by atoms with Gasteiger partial charge in [-0.15, -0.1) is 0 Å². The normalized spacial score (nSPS) is 29.6. The second-order valence-electron chi connectivity index (χ2n) is 6.90. The molecule has 2 saturated heterocycles. The van der Waals surface area contributed by atoms with E-state index in [1.165, 1.54) is 5.56 Å². The predicted molar refractivity (Wildman–Crippen MR) is 95.5 cm³/mol. The highest BCUT2D eigenvalue weighted by Crippen LogP contribution is 2.41. The van der Waals surface area contributed by atoms with E-state index in [1.54, 1.807) is 24.3 Å². The van der Waals surface area contributed by atoms with Crippen molar-refractivity contribution in [2.75, 3.05) is 13.2 Å². The third-order valence-corrected chi connectivity index (χ3v) is 7.90. The molecular formula is C19H22N2O3S. The minimum Gasteiger partial charge on any atom is -0.300 e. The number of sulfone groups is 1. The van der Waals surface area contributed by atoms with E-state index in [-0.39, 0.29) is 18.7 Å². The molecule has 2 heterocycles. The molecule has 0 bridgehead atoms. The van der Waals surface area contributed by atoms with Crippen molar-refractivity contribution in [1.29, 1.82) is 0 Å². The van der Waals surface area contributed by atoms with Crippen LogP contribution in [0.2, 0.25) is 0 Å². The highest BCUT2D eigenvalue weighted by molar-refractivity contribution is 7.93. The topological polar surface area (TPSA) is 58.6 Å². The molecule has 2 aliphatic heterocycles. The first-order valence-electron chi connectivity index (χ1n) is 8.50. The summed E-state index contributed by atoms with van der Waals surface area (Å²) < 4.78 is 25.9. The zero-order chi connectivity index (χ0) is 17.5. The van der Waals surface area contributed by atoms with Crippen LogP contribution in [0, 0.1) is 0 Å². The lowest BCUT2D eigenvalue weighted by molar-refractivity contribution is 0.0597. The quantitative estimate of drug-likeness (QED) is 0.906. The zero-order valence-corrected chi connectivity index (χ0v) is 14.9. The van der Waals surface area contributed by atoms with Crippen LogP contribution in [0.4, 0.5) is 0 Å². The highest BCUT2D eigenvalue weighted by Gasteiger charge is 2.62. The molecule has 2 fully saturated rings. The number of fused-ring (bicyclic) bond motifs is 1. The van der Waals surface area contributed by atoms with Gasteiger partial charge in [-0.1, -0.05) is 48.5 Å². The van der Waals surface area contributed by atoms with Crippen LogP contribution in [0.3, 0.4) is 0 Å². The van der Waals surface area contributed by atoms with E-state index in [9.17, 15) is 8.42 Å². The van der Waals surface area contributed by atoms with Crippen LogP contribution in [-0.4, -0.2) is 43.3 Å². The molecular weight excluding hydrogens is 336 g/mol. The smallest absolute Gasteiger partial charge is 0.189 e. The van der Waals surface area contributed by atoms with Crippen molar-refractivity contribution in [1.82, 2.24) is 10.4 Å². The SMILES string of the molecule is C[C@@H]1[C@H]2NOC[C@@]2(S(=O)(=O)c2ccccc2)CN1Cc1ccccc1. The first-order chi connectivity index (χ1) is 12.0. The number of nitrogens with one attached hydrogen (secondary N) is 1. The standard InChI is InChI=1S/C19H22N2O3S/c1-15-18-19(14-24-20-18,25(22,23)17-10-6-3-7-11-17)13-21(15)12-16-8-4-2-5-9-16/h2-11,15,18,20H,12-14H2,1H3/t15-,18-,19+/m1/s1. The molecule has 0 aliphatic carbocycles. The molecule has 132 valence electrons. The fourth-order valence-electron chi connectivity index (χ4n) is 4.01. The van der Waals surface area contributed by atoms with Crippen molar-refractivity contribution in [3.05, 3.63) is 66.2 Å². The summed E-state index contributed by atoms with van der Waals surface area (Å²) in [5.74, 6) is 0. The van der Waals surface area contributed by atoms with E-state index in [0.717, 1.165) is 6.54 Å². The molecule has 0 aromatic heterocycles.